The first-order chi connectivity index (χ1) is 18.8. The summed E-state index contributed by atoms with van der Waals surface area (Å²) < 4.78 is 0. The molecular formula is C38H50N2. The largest absolute Gasteiger partial charge is 0.298 e. The lowest BCUT2D eigenvalue weighted by Gasteiger charge is -2.16. The summed E-state index contributed by atoms with van der Waals surface area (Å²) in [7, 11) is 4.19. The van der Waals surface area contributed by atoms with E-state index in [1.807, 2.05) is 48.6 Å². The molecule has 0 aromatic heterocycles. The van der Waals surface area contributed by atoms with Crippen molar-refractivity contribution in [2.75, 3.05) is 40.3 Å². The first-order valence-electron chi connectivity index (χ1n) is 14.0. The summed E-state index contributed by atoms with van der Waals surface area (Å²) >= 11 is 0. The zero-order chi connectivity index (χ0) is 30.0. The predicted molar refractivity (Wildman–Crippen MR) is 179 cm³/mol. The van der Waals surface area contributed by atoms with E-state index in [0.29, 0.717) is 0 Å². The summed E-state index contributed by atoms with van der Waals surface area (Å²) in [6, 6.07) is 20.6. The standard InChI is InChI=1S/2C19H25N/c2*1-17(18-12-8-6-9-13-18)16-20(5)15-11-7-10-14-19(2,3)4/h2*6-9,11-13H,1,15-16H2,2-5H3/b2*11-7+. The SMILES string of the molecule is C=C(CN(C)C/C=C/C#CC(C)(C)C)c1ccccc1.C=C(CN(C)C/C=C/C#CC(C)(C)C)c1ccccc1. The van der Waals surface area contributed by atoms with E-state index in [1.165, 1.54) is 11.1 Å². The maximum atomic E-state index is 4.15. The van der Waals surface area contributed by atoms with Crippen LogP contribution in [-0.4, -0.2) is 50.1 Å². The molecule has 2 aromatic carbocycles. The van der Waals surface area contributed by atoms with E-state index in [1.54, 1.807) is 0 Å². The van der Waals surface area contributed by atoms with Crippen LogP contribution in [-0.2, 0) is 0 Å². The minimum Gasteiger partial charge on any atom is -0.298 e. The zero-order valence-corrected chi connectivity index (χ0v) is 26.2. The van der Waals surface area contributed by atoms with E-state index in [4.69, 9.17) is 0 Å². The molecule has 0 fully saturated rings. The second-order valence-corrected chi connectivity index (χ2v) is 12.2. The number of likely N-dealkylation sites (N-methyl/N-ethyl adjacent to an activating group) is 2. The highest BCUT2D eigenvalue weighted by atomic mass is 15.1. The molecule has 0 aliphatic heterocycles. The monoisotopic (exact) mass is 534 g/mol. The smallest absolute Gasteiger partial charge is 0.0234 e. The van der Waals surface area contributed by atoms with Gasteiger partial charge in [-0.2, -0.15) is 0 Å². The van der Waals surface area contributed by atoms with Gasteiger partial charge in [-0.3, -0.25) is 9.80 Å². The van der Waals surface area contributed by atoms with E-state index >= 15 is 0 Å². The summed E-state index contributed by atoms with van der Waals surface area (Å²) in [4.78, 5) is 4.45. The van der Waals surface area contributed by atoms with Gasteiger partial charge >= 0.3 is 0 Å². The molecule has 0 heterocycles. The van der Waals surface area contributed by atoms with E-state index in [0.717, 1.165) is 37.3 Å². The second kappa shape index (κ2) is 17.9. The van der Waals surface area contributed by atoms with E-state index in [2.05, 4.69) is 139 Å². The van der Waals surface area contributed by atoms with Crippen LogP contribution in [0.3, 0.4) is 0 Å². The normalized spacial score (nSPS) is 11.4. The fourth-order valence-electron chi connectivity index (χ4n) is 3.41. The number of allylic oxidation sites excluding steroid dienone is 2. The maximum Gasteiger partial charge on any atom is 0.0234 e. The number of benzene rings is 2. The van der Waals surface area contributed by atoms with Gasteiger partial charge in [0.15, 0.2) is 0 Å². The van der Waals surface area contributed by atoms with Crippen LogP contribution in [0.4, 0.5) is 0 Å². The topological polar surface area (TPSA) is 6.48 Å². The Balaban J connectivity index is 0.000000400. The van der Waals surface area contributed by atoms with Gasteiger partial charge in [0.2, 0.25) is 0 Å². The third-order valence-electron chi connectivity index (χ3n) is 5.42. The number of hydrogen-bond donors (Lipinski definition) is 0. The Morgan fingerprint density at radius 1 is 0.625 bits per heavy atom. The lowest BCUT2D eigenvalue weighted by Crippen LogP contribution is -2.20. The predicted octanol–water partition coefficient (Wildman–Crippen LogP) is 8.47. The molecule has 0 saturated heterocycles. The van der Waals surface area contributed by atoms with Crippen LogP contribution in [0.15, 0.2) is 98.1 Å². The summed E-state index contributed by atoms with van der Waals surface area (Å²) in [6.45, 7) is 24.5. The van der Waals surface area contributed by atoms with Gasteiger partial charge in [0.05, 0.1) is 0 Å². The van der Waals surface area contributed by atoms with Crippen LogP contribution in [0.5, 0.6) is 0 Å². The van der Waals surface area contributed by atoms with Crippen LogP contribution < -0.4 is 0 Å². The summed E-state index contributed by atoms with van der Waals surface area (Å²) in [5, 5.41) is 0. The Kier molecular flexibility index (Phi) is 15.4. The van der Waals surface area contributed by atoms with Crippen molar-refractivity contribution in [3.63, 3.8) is 0 Å². The van der Waals surface area contributed by atoms with Gasteiger partial charge in [-0.15, -0.1) is 0 Å². The fourth-order valence-corrected chi connectivity index (χ4v) is 3.41. The average Bonchev–Trinajstić information content (AvgIpc) is 2.88. The second-order valence-electron chi connectivity index (χ2n) is 12.2. The molecule has 0 unspecified atom stereocenters. The molecule has 2 heteroatoms. The number of nitrogens with zero attached hydrogens (tertiary/aromatic N) is 2. The molecule has 2 rings (SSSR count). The third kappa shape index (κ3) is 17.9. The van der Waals surface area contributed by atoms with Crippen molar-refractivity contribution in [3.05, 3.63) is 109 Å². The van der Waals surface area contributed by atoms with Crippen LogP contribution in [0.1, 0.15) is 52.7 Å². The van der Waals surface area contributed by atoms with Crippen LogP contribution in [0.25, 0.3) is 11.1 Å². The van der Waals surface area contributed by atoms with E-state index in [9.17, 15) is 0 Å². The fraction of sp³-hybridized carbons (Fsp3) is 0.368. The van der Waals surface area contributed by atoms with Crippen molar-refractivity contribution in [3.8, 4) is 23.7 Å². The van der Waals surface area contributed by atoms with E-state index < -0.39 is 0 Å². The molecule has 0 radical (unpaired) electrons. The zero-order valence-electron chi connectivity index (χ0n) is 26.2. The molecule has 2 nitrogen and oxygen atoms in total. The molecule has 0 bridgehead atoms. The molecule has 0 spiro atoms. The maximum absolute atomic E-state index is 4.15. The number of hydrogen-bond acceptors (Lipinski definition) is 2. The molecule has 212 valence electrons. The highest BCUT2D eigenvalue weighted by Crippen LogP contribution is 2.14. The average molecular weight is 535 g/mol. The van der Waals surface area contributed by atoms with Crippen molar-refractivity contribution >= 4 is 11.1 Å². The Labute approximate surface area is 246 Å². The molecular weight excluding hydrogens is 484 g/mol. The number of rotatable bonds is 10. The van der Waals surface area contributed by atoms with Gasteiger partial charge in [0.25, 0.3) is 0 Å². The van der Waals surface area contributed by atoms with Crippen LogP contribution in [0.2, 0.25) is 0 Å². The van der Waals surface area contributed by atoms with Crippen molar-refractivity contribution in [2.24, 2.45) is 10.8 Å². The Morgan fingerprint density at radius 2 is 0.950 bits per heavy atom. The van der Waals surface area contributed by atoms with Gasteiger partial charge in [-0.05, 0) is 90.1 Å². The van der Waals surface area contributed by atoms with Gasteiger partial charge in [-0.25, -0.2) is 0 Å². The minimum absolute atomic E-state index is 0.0673. The third-order valence-corrected chi connectivity index (χ3v) is 5.42. The molecule has 0 atom stereocenters. The van der Waals surface area contributed by atoms with Crippen molar-refractivity contribution < 1.29 is 0 Å². The Morgan fingerprint density at radius 3 is 1.25 bits per heavy atom. The summed E-state index contributed by atoms with van der Waals surface area (Å²) in [5.74, 6) is 12.6. The molecule has 40 heavy (non-hydrogen) atoms. The Bertz CT molecular complexity index is 1110. The molecule has 0 N–H and O–H groups in total. The van der Waals surface area contributed by atoms with Gasteiger partial charge in [0.1, 0.15) is 0 Å². The minimum atomic E-state index is 0.0673. The molecule has 0 aliphatic carbocycles. The van der Waals surface area contributed by atoms with Crippen LogP contribution >= 0.6 is 0 Å². The quantitative estimate of drug-likeness (QED) is 0.282. The summed E-state index contributed by atoms with van der Waals surface area (Å²) in [5.41, 5.74) is 4.83. The lowest BCUT2D eigenvalue weighted by molar-refractivity contribution is 0.419. The van der Waals surface area contributed by atoms with Gasteiger partial charge in [0, 0.05) is 37.0 Å². The highest BCUT2D eigenvalue weighted by molar-refractivity contribution is 5.65. The van der Waals surface area contributed by atoms with E-state index in [-0.39, 0.29) is 10.8 Å². The van der Waals surface area contributed by atoms with Crippen LogP contribution in [0, 0.1) is 34.5 Å². The molecule has 2 aromatic rings. The molecule has 0 saturated carbocycles. The highest BCUT2D eigenvalue weighted by Gasteiger charge is 2.04. The summed E-state index contributed by atoms with van der Waals surface area (Å²) in [6.07, 6.45) is 8.06. The van der Waals surface area contributed by atoms with Crippen molar-refractivity contribution in [1.82, 2.24) is 9.80 Å². The Hall–Kier alpha value is -3.56. The van der Waals surface area contributed by atoms with Gasteiger partial charge < -0.3 is 0 Å². The van der Waals surface area contributed by atoms with Crippen molar-refractivity contribution in [1.29, 1.82) is 0 Å². The van der Waals surface area contributed by atoms with Crippen molar-refractivity contribution in [2.45, 2.75) is 41.5 Å². The van der Waals surface area contributed by atoms with Gasteiger partial charge in [-0.1, -0.05) is 110 Å². The first-order valence-corrected chi connectivity index (χ1v) is 14.0. The first kappa shape index (κ1) is 34.5. The molecule has 0 aliphatic rings. The lowest BCUT2D eigenvalue weighted by atomic mass is 9.98. The molecule has 0 amide bonds.